The number of hydrogen-bond acceptors (Lipinski definition) is 2. The van der Waals surface area contributed by atoms with E-state index in [1.165, 1.54) is 16.0 Å². The highest BCUT2D eigenvalue weighted by Crippen LogP contribution is 2.29. The summed E-state index contributed by atoms with van der Waals surface area (Å²) in [6.45, 7) is 11.1. The molecule has 2 atom stereocenters. The van der Waals surface area contributed by atoms with Gasteiger partial charge in [-0.2, -0.15) is 0 Å². The molecule has 0 radical (unpaired) electrons. The molecule has 0 bridgehead atoms. The number of hydrogen-bond donors (Lipinski definition) is 1. The standard InChI is InChI=1S/C15H25NS/c1-10(2)13(5)17-15-7-6-14(9-12(4)16)11(3)8-15/h6-8,10,12-13H,9,16H2,1-5H3. The molecule has 96 valence electrons. The van der Waals surface area contributed by atoms with E-state index < -0.39 is 0 Å². The smallest absolute Gasteiger partial charge is 0.00890 e. The van der Waals surface area contributed by atoms with Crippen LogP contribution in [0.25, 0.3) is 0 Å². The molecule has 1 aromatic carbocycles. The van der Waals surface area contributed by atoms with Crippen molar-refractivity contribution in [1.82, 2.24) is 0 Å². The first kappa shape index (κ1) is 14.6. The largest absolute Gasteiger partial charge is 0.328 e. The van der Waals surface area contributed by atoms with E-state index in [0.29, 0.717) is 11.2 Å². The molecule has 0 spiro atoms. The lowest BCUT2D eigenvalue weighted by molar-refractivity contribution is 0.642. The van der Waals surface area contributed by atoms with E-state index in [4.69, 9.17) is 5.73 Å². The van der Waals surface area contributed by atoms with E-state index in [2.05, 4.69) is 52.8 Å². The fraction of sp³-hybridized carbons (Fsp3) is 0.600. The molecule has 17 heavy (non-hydrogen) atoms. The first-order chi connectivity index (χ1) is 7.90. The van der Waals surface area contributed by atoms with Crippen LogP contribution in [-0.2, 0) is 6.42 Å². The minimum Gasteiger partial charge on any atom is -0.328 e. The third-order valence-electron chi connectivity index (χ3n) is 3.12. The third kappa shape index (κ3) is 4.72. The van der Waals surface area contributed by atoms with E-state index in [1.54, 1.807) is 0 Å². The van der Waals surface area contributed by atoms with Crippen LogP contribution < -0.4 is 5.73 Å². The van der Waals surface area contributed by atoms with E-state index in [-0.39, 0.29) is 6.04 Å². The van der Waals surface area contributed by atoms with Crippen LogP contribution in [0.15, 0.2) is 23.1 Å². The van der Waals surface area contributed by atoms with E-state index in [0.717, 1.165) is 6.42 Å². The van der Waals surface area contributed by atoms with Crippen LogP contribution in [0.4, 0.5) is 0 Å². The molecule has 2 heteroatoms. The first-order valence-electron chi connectivity index (χ1n) is 6.42. The Morgan fingerprint density at radius 3 is 2.29 bits per heavy atom. The van der Waals surface area contributed by atoms with Crippen LogP contribution in [-0.4, -0.2) is 11.3 Å². The Morgan fingerprint density at radius 1 is 1.18 bits per heavy atom. The maximum Gasteiger partial charge on any atom is 0.00890 e. The highest BCUT2D eigenvalue weighted by Gasteiger charge is 2.10. The predicted octanol–water partition coefficient (Wildman–Crippen LogP) is 4.02. The molecule has 1 aromatic rings. The maximum absolute atomic E-state index is 5.85. The maximum atomic E-state index is 5.85. The van der Waals surface area contributed by atoms with Crippen molar-refractivity contribution in [3.63, 3.8) is 0 Å². The zero-order valence-corrected chi connectivity index (χ0v) is 12.5. The van der Waals surface area contributed by atoms with Gasteiger partial charge in [-0.25, -0.2) is 0 Å². The molecule has 0 heterocycles. The molecular weight excluding hydrogens is 226 g/mol. The van der Waals surface area contributed by atoms with Crippen molar-refractivity contribution < 1.29 is 0 Å². The van der Waals surface area contributed by atoms with Crippen molar-refractivity contribution in [2.75, 3.05) is 0 Å². The normalized spacial score (nSPS) is 15.0. The van der Waals surface area contributed by atoms with Gasteiger partial charge in [-0.15, -0.1) is 11.8 Å². The van der Waals surface area contributed by atoms with Crippen molar-refractivity contribution in [3.8, 4) is 0 Å². The highest BCUT2D eigenvalue weighted by atomic mass is 32.2. The Kier molecular flexibility index (Phi) is 5.54. The van der Waals surface area contributed by atoms with Crippen molar-refractivity contribution in [3.05, 3.63) is 29.3 Å². The van der Waals surface area contributed by atoms with Gasteiger partial charge < -0.3 is 5.73 Å². The van der Waals surface area contributed by atoms with Gasteiger partial charge >= 0.3 is 0 Å². The van der Waals surface area contributed by atoms with Gasteiger partial charge in [-0.05, 0) is 49.4 Å². The van der Waals surface area contributed by atoms with Crippen LogP contribution in [0.1, 0.15) is 38.8 Å². The molecule has 2 N–H and O–H groups in total. The summed E-state index contributed by atoms with van der Waals surface area (Å²) in [7, 11) is 0. The molecule has 0 saturated carbocycles. The second-order valence-corrected chi connectivity index (χ2v) is 6.79. The second kappa shape index (κ2) is 6.46. The van der Waals surface area contributed by atoms with E-state index in [9.17, 15) is 0 Å². The Balaban J connectivity index is 2.75. The lowest BCUT2D eigenvalue weighted by Crippen LogP contribution is -2.18. The average Bonchev–Trinajstić information content (AvgIpc) is 2.21. The number of benzene rings is 1. The molecule has 0 amide bonds. The minimum atomic E-state index is 0.238. The Morgan fingerprint density at radius 2 is 1.82 bits per heavy atom. The van der Waals surface area contributed by atoms with E-state index >= 15 is 0 Å². The average molecular weight is 251 g/mol. The molecule has 0 aliphatic carbocycles. The zero-order chi connectivity index (χ0) is 13.0. The molecule has 0 fully saturated rings. The van der Waals surface area contributed by atoms with Crippen LogP contribution >= 0.6 is 11.8 Å². The molecule has 0 aromatic heterocycles. The molecule has 1 nitrogen and oxygen atoms in total. The lowest BCUT2D eigenvalue weighted by atomic mass is 10.0. The summed E-state index contributed by atoms with van der Waals surface area (Å²) < 4.78 is 0. The van der Waals surface area contributed by atoms with Gasteiger partial charge in [-0.1, -0.05) is 26.8 Å². The Hall–Kier alpha value is -0.470. The van der Waals surface area contributed by atoms with Gasteiger partial charge in [0.2, 0.25) is 0 Å². The molecule has 0 saturated heterocycles. The third-order valence-corrected chi connectivity index (χ3v) is 4.56. The molecule has 0 aliphatic rings. The first-order valence-corrected chi connectivity index (χ1v) is 7.30. The van der Waals surface area contributed by atoms with Crippen LogP contribution in [0.3, 0.4) is 0 Å². The fourth-order valence-electron chi connectivity index (χ4n) is 1.67. The summed E-state index contributed by atoms with van der Waals surface area (Å²) in [5.41, 5.74) is 8.59. The summed E-state index contributed by atoms with van der Waals surface area (Å²) in [5.74, 6) is 0.712. The summed E-state index contributed by atoms with van der Waals surface area (Å²) in [4.78, 5) is 1.37. The SMILES string of the molecule is Cc1cc(SC(C)C(C)C)ccc1CC(C)N. The summed E-state index contributed by atoms with van der Waals surface area (Å²) in [6.07, 6.45) is 0.969. The predicted molar refractivity (Wildman–Crippen MR) is 78.7 cm³/mol. The fourth-order valence-corrected chi connectivity index (χ4v) is 2.76. The lowest BCUT2D eigenvalue weighted by Gasteiger charge is -2.16. The van der Waals surface area contributed by atoms with Crippen LogP contribution in [0.5, 0.6) is 0 Å². The number of aryl methyl sites for hydroxylation is 1. The van der Waals surface area contributed by atoms with Crippen molar-refractivity contribution in [2.24, 2.45) is 11.7 Å². The quantitative estimate of drug-likeness (QED) is 0.800. The topological polar surface area (TPSA) is 26.0 Å². The monoisotopic (exact) mass is 251 g/mol. The van der Waals surface area contributed by atoms with Gasteiger partial charge in [-0.3, -0.25) is 0 Å². The summed E-state index contributed by atoms with van der Waals surface area (Å²) in [6, 6.07) is 6.99. The van der Waals surface area contributed by atoms with Gasteiger partial charge in [0.1, 0.15) is 0 Å². The zero-order valence-electron chi connectivity index (χ0n) is 11.7. The Bertz CT molecular complexity index is 358. The van der Waals surface area contributed by atoms with Gasteiger partial charge in [0.15, 0.2) is 0 Å². The molecular formula is C15H25NS. The van der Waals surface area contributed by atoms with Crippen molar-refractivity contribution in [2.45, 2.75) is 57.2 Å². The number of nitrogens with two attached hydrogens (primary N) is 1. The minimum absolute atomic E-state index is 0.238. The molecule has 1 rings (SSSR count). The van der Waals surface area contributed by atoms with E-state index in [1.807, 2.05) is 11.8 Å². The highest BCUT2D eigenvalue weighted by molar-refractivity contribution is 8.00. The van der Waals surface area contributed by atoms with Gasteiger partial charge in [0.05, 0.1) is 0 Å². The molecule has 0 aliphatic heterocycles. The summed E-state index contributed by atoms with van der Waals surface area (Å²) >= 11 is 1.96. The Labute approximate surface area is 110 Å². The second-order valence-electron chi connectivity index (χ2n) is 5.34. The van der Waals surface area contributed by atoms with Gasteiger partial charge in [0.25, 0.3) is 0 Å². The van der Waals surface area contributed by atoms with Crippen LogP contribution in [0.2, 0.25) is 0 Å². The van der Waals surface area contributed by atoms with Crippen molar-refractivity contribution in [1.29, 1.82) is 0 Å². The molecule has 2 unspecified atom stereocenters. The van der Waals surface area contributed by atoms with Crippen molar-refractivity contribution >= 4 is 11.8 Å². The number of rotatable bonds is 5. The summed E-state index contributed by atoms with van der Waals surface area (Å²) in [5, 5.41) is 0.661. The number of thioether (sulfide) groups is 1. The van der Waals surface area contributed by atoms with Gasteiger partial charge in [0, 0.05) is 16.2 Å². The van der Waals surface area contributed by atoms with Crippen LogP contribution in [0, 0.1) is 12.8 Å².